The summed E-state index contributed by atoms with van der Waals surface area (Å²) in [6.07, 6.45) is 5.88. The van der Waals surface area contributed by atoms with Crippen molar-refractivity contribution in [1.82, 2.24) is 10.6 Å². The van der Waals surface area contributed by atoms with E-state index in [4.69, 9.17) is 30.6 Å². The highest BCUT2D eigenvalue weighted by atomic mass is 32.4. The van der Waals surface area contributed by atoms with Gasteiger partial charge in [-0.2, -0.15) is 0 Å². The lowest BCUT2D eigenvalue weighted by Crippen LogP contribution is -2.43. The summed E-state index contributed by atoms with van der Waals surface area (Å²) in [7, 11) is 1.19. The lowest BCUT2D eigenvalue weighted by molar-refractivity contribution is 0.169. The fraction of sp³-hybridized carbons (Fsp3) is 1.00. The quantitative estimate of drug-likeness (QED) is 0.273. The molecular formula is C13H30N3O3PSSi. The van der Waals surface area contributed by atoms with Crippen molar-refractivity contribution < 1.29 is 13.1 Å². The van der Waals surface area contributed by atoms with E-state index in [9.17, 15) is 0 Å². The highest BCUT2D eigenvalue weighted by molar-refractivity contribution is 7.94. The van der Waals surface area contributed by atoms with Crippen LogP contribution in [0, 0.1) is 0 Å². The van der Waals surface area contributed by atoms with Gasteiger partial charge in [-0.15, -0.1) is 0 Å². The summed E-state index contributed by atoms with van der Waals surface area (Å²) < 4.78 is 16.4. The zero-order valence-corrected chi connectivity index (χ0v) is 16.4. The SMILES string of the molecule is CO[Si](CCCNC1CCC(NCCN)CC1)(OC)OP=S. The van der Waals surface area contributed by atoms with Gasteiger partial charge in [-0.3, -0.25) is 0 Å². The Morgan fingerprint density at radius 3 is 2.09 bits per heavy atom. The minimum Gasteiger partial charge on any atom is -0.376 e. The van der Waals surface area contributed by atoms with Crippen LogP contribution in [0.2, 0.25) is 6.04 Å². The molecule has 0 heterocycles. The fourth-order valence-corrected chi connectivity index (χ4v) is 6.49. The van der Waals surface area contributed by atoms with Gasteiger partial charge >= 0.3 is 8.80 Å². The van der Waals surface area contributed by atoms with Crippen molar-refractivity contribution in [2.75, 3.05) is 33.9 Å². The average Bonchev–Trinajstić information content (AvgIpc) is 2.57. The Morgan fingerprint density at radius 1 is 1.09 bits per heavy atom. The van der Waals surface area contributed by atoms with Crippen molar-refractivity contribution in [1.29, 1.82) is 0 Å². The van der Waals surface area contributed by atoms with Crippen molar-refractivity contribution in [3.63, 3.8) is 0 Å². The molecule has 0 aromatic carbocycles. The van der Waals surface area contributed by atoms with E-state index in [0.717, 1.165) is 25.6 Å². The molecule has 0 spiro atoms. The smallest absolute Gasteiger partial charge is 0.376 e. The molecule has 1 saturated carbocycles. The van der Waals surface area contributed by atoms with Gasteiger partial charge in [0.2, 0.25) is 0 Å². The van der Waals surface area contributed by atoms with Gasteiger partial charge in [0, 0.05) is 45.4 Å². The average molecular weight is 368 g/mol. The second-order valence-corrected chi connectivity index (χ2v) is 9.62. The Kier molecular flexibility index (Phi) is 11.2. The third-order valence-corrected chi connectivity index (χ3v) is 8.49. The van der Waals surface area contributed by atoms with Crippen LogP contribution in [-0.2, 0) is 24.9 Å². The minimum atomic E-state index is -2.53. The summed E-state index contributed by atoms with van der Waals surface area (Å²) in [5.41, 5.74) is 5.52. The monoisotopic (exact) mass is 367 g/mol. The summed E-state index contributed by atoms with van der Waals surface area (Å²) in [5, 5.41) is 7.14. The van der Waals surface area contributed by atoms with E-state index in [-0.39, 0.29) is 0 Å². The van der Waals surface area contributed by atoms with Crippen molar-refractivity contribution in [2.24, 2.45) is 5.73 Å². The number of nitrogens with one attached hydrogen (secondary N) is 2. The maximum atomic E-state index is 5.52. The van der Waals surface area contributed by atoms with E-state index in [2.05, 4.69) is 10.6 Å². The highest BCUT2D eigenvalue weighted by Crippen LogP contribution is 2.22. The first-order valence-corrected chi connectivity index (χ1v) is 11.7. The molecule has 0 amide bonds. The van der Waals surface area contributed by atoms with E-state index < -0.39 is 8.80 Å². The van der Waals surface area contributed by atoms with Gasteiger partial charge in [0.05, 0.1) is 0 Å². The van der Waals surface area contributed by atoms with Crippen LogP contribution < -0.4 is 16.4 Å². The highest BCUT2D eigenvalue weighted by Gasteiger charge is 2.38. The second-order valence-electron chi connectivity index (χ2n) is 5.61. The van der Waals surface area contributed by atoms with Crippen LogP contribution in [0.3, 0.4) is 0 Å². The van der Waals surface area contributed by atoms with Crippen LogP contribution in [0.15, 0.2) is 0 Å². The lowest BCUT2D eigenvalue weighted by Gasteiger charge is -2.30. The summed E-state index contributed by atoms with van der Waals surface area (Å²) in [6.45, 7) is 2.60. The molecule has 0 saturated heterocycles. The van der Waals surface area contributed by atoms with Gasteiger partial charge in [-0.25, -0.2) is 0 Å². The topological polar surface area (TPSA) is 77.8 Å². The summed E-state index contributed by atoms with van der Waals surface area (Å²) in [4.78, 5) is 0. The molecular weight excluding hydrogens is 337 g/mol. The standard InChI is InChI=1S/C13H30N3O3PSSi/c1-17-22(18-2,19-20-21)11-3-9-15-12-4-6-13(7-5-12)16-10-8-14/h12-13,15-16H,3-11,14H2,1-2H3. The Morgan fingerprint density at radius 2 is 1.64 bits per heavy atom. The summed E-state index contributed by atoms with van der Waals surface area (Å²) >= 11 is 4.85. The molecule has 0 aromatic rings. The van der Waals surface area contributed by atoms with Crippen LogP contribution in [0.4, 0.5) is 0 Å². The van der Waals surface area contributed by atoms with Gasteiger partial charge in [-0.05, 0) is 50.5 Å². The third-order valence-electron chi connectivity index (χ3n) is 4.20. The number of rotatable bonds is 12. The van der Waals surface area contributed by atoms with Crippen molar-refractivity contribution in [3.05, 3.63) is 0 Å². The molecule has 0 unspecified atom stereocenters. The summed E-state index contributed by atoms with van der Waals surface area (Å²) in [5.74, 6) is 0. The Labute approximate surface area is 142 Å². The first-order chi connectivity index (χ1) is 10.7. The van der Waals surface area contributed by atoms with Crippen molar-refractivity contribution >= 4 is 28.2 Å². The minimum absolute atomic E-state index is 0.452. The normalized spacial score (nSPS) is 23.0. The maximum Gasteiger partial charge on any atom is 0.509 e. The fourth-order valence-electron chi connectivity index (χ4n) is 2.86. The Bertz CT molecular complexity index is 306. The van der Waals surface area contributed by atoms with Crippen LogP contribution >= 0.6 is 7.58 Å². The van der Waals surface area contributed by atoms with E-state index in [1.165, 1.54) is 25.7 Å². The molecule has 0 atom stereocenters. The van der Waals surface area contributed by atoms with Crippen LogP contribution in [0.25, 0.3) is 0 Å². The van der Waals surface area contributed by atoms with E-state index in [0.29, 0.717) is 26.2 Å². The van der Waals surface area contributed by atoms with Gasteiger partial charge in [0.25, 0.3) is 0 Å². The van der Waals surface area contributed by atoms with Gasteiger partial charge < -0.3 is 29.4 Å². The molecule has 4 N–H and O–H groups in total. The summed E-state index contributed by atoms with van der Waals surface area (Å²) in [6, 6.07) is 2.06. The zero-order chi connectivity index (χ0) is 16.3. The number of hydrogen-bond acceptors (Lipinski definition) is 7. The molecule has 9 heteroatoms. The maximum absolute atomic E-state index is 5.52. The molecule has 22 heavy (non-hydrogen) atoms. The van der Waals surface area contributed by atoms with Gasteiger partial charge in [0.15, 0.2) is 0 Å². The van der Waals surface area contributed by atoms with Crippen LogP contribution in [0.5, 0.6) is 0 Å². The molecule has 130 valence electrons. The number of nitrogens with two attached hydrogens (primary N) is 1. The Balaban J connectivity index is 2.16. The molecule has 0 aliphatic heterocycles. The first kappa shape index (κ1) is 20.5. The van der Waals surface area contributed by atoms with Crippen molar-refractivity contribution in [2.45, 2.75) is 50.2 Å². The Hall–Kier alpha value is 0.497. The predicted molar refractivity (Wildman–Crippen MR) is 95.7 cm³/mol. The molecule has 0 bridgehead atoms. The number of hydrogen-bond donors (Lipinski definition) is 3. The molecule has 0 radical (unpaired) electrons. The first-order valence-electron chi connectivity index (χ1n) is 7.97. The van der Waals surface area contributed by atoms with Gasteiger partial charge in [-0.1, -0.05) is 0 Å². The molecule has 1 aliphatic carbocycles. The van der Waals surface area contributed by atoms with Crippen LogP contribution in [0.1, 0.15) is 32.1 Å². The molecule has 1 aliphatic rings. The van der Waals surface area contributed by atoms with Gasteiger partial charge in [0.1, 0.15) is 7.58 Å². The van der Waals surface area contributed by atoms with Crippen molar-refractivity contribution in [3.8, 4) is 0 Å². The molecule has 6 nitrogen and oxygen atoms in total. The van der Waals surface area contributed by atoms with E-state index in [1.54, 1.807) is 14.2 Å². The molecule has 0 aromatic heterocycles. The third kappa shape index (κ3) is 7.38. The van der Waals surface area contributed by atoms with E-state index >= 15 is 0 Å². The lowest BCUT2D eigenvalue weighted by atomic mass is 9.91. The second kappa shape index (κ2) is 11.9. The zero-order valence-electron chi connectivity index (χ0n) is 13.7. The molecule has 1 fully saturated rings. The largest absolute Gasteiger partial charge is 0.509 e. The predicted octanol–water partition coefficient (Wildman–Crippen LogP) is 1.40. The molecule has 1 rings (SSSR count). The van der Waals surface area contributed by atoms with E-state index in [1.807, 2.05) is 0 Å². The van der Waals surface area contributed by atoms with Crippen LogP contribution in [-0.4, -0.2) is 54.7 Å².